The molecule has 2 amide bonds. The highest BCUT2D eigenvalue weighted by Crippen LogP contribution is 2.29. The zero-order chi connectivity index (χ0) is 18.4. The minimum absolute atomic E-state index is 0. The molecule has 1 heterocycles. The van der Waals surface area contributed by atoms with Crippen LogP contribution in [0.4, 0.5) is 13.2 Å². The van der Waals surface area contributed by atoms with Gasteiger partial charge in [0.2, 0.25) is 5.91 Å². The van der Waals surface area contributed by atoms with Crippen LogP contribution in [0, 0.1) is 0 Å². The second-order valence-corrected chi connectivity index (χ2v) is 5.96. The molecule has 1 saturated heterocycles. The van der Waals surface area contributed by atoms with E-state index >= 15 is 0 Å². The van der Waals surface area contributed by atoms with Gasteiger partial charge in [0.15, 0.2) is 0 Å². The van der Waals surface area contributed by atoms with E-state index in [0.717, 1.165) is 25.1 Å². The Hall–Kier alpha value is -1.80. The van der Waals surface area contributed by atoms with E-state index < -0.39 is 17.6 Å². The van der Waals surface area contributed by atoms with Crippen molar-refractivity contribution in [1.82, 2.24) is 15.1 Å². The summed E-state index contributed by atoms with van der Waals surface area (Å²) in [6.07, 6.45) is -3.28. The molecule has 0 bridgehead atoms. The summed E-state index contributed by atoms with van der Waals surface area (Å²) in [7, 11) is 1.82. The number of hydrogen-bond donors (Lipinski definition) is 1. The monoisotopic (exact) mass is 393 g/mol. The van der Waals surface area contributed by atoms with Gasteiger partial charge in [-0.05, 0) is 38.2 Å². The van der Waals surface area contributed by atoms with Crippen LogP contribution in [0.5, 0.6) is 0 Å². The van der Waals surface area contributed by atoms with E-state index in [1.54, 1.807) is 4.90 Å². The van der Waals surface area contributed by atoms with E-state index in [1.165, 1.54) is 17.0 Å². The Kier molecular flexibility index (Phi) is 8.36. The quantitative estimate of drug-likeness (QED) is 0.782. The third-order valence-electron chi connectivity index (χ3n) is 4.17. The third kappa shape index (κ3) is 5.88. The SMILES string of the molecule is CNCCCC(=O)N1CCN(C(=O)c2cccc(C(F)(F)F)c2)CC1.Cl. The Morgan fingerprint density at radius 3 is 2.31 bits per heavy atom. The molecule has 0 radical (unpaired) electrons. The molecule has 2 rings (SSSR count). The predicted molar refractivity (Wildman–Crippen MR) is 94.3 cm³/mol. The molecule has 1 fully saturated rings. The van der Waals surface area contributed by atoms with Gasteiger partial charge < -0.3 is 15.1 Å². The fraction of sp³-hybridized carbons (Fsp3) is 0.529. The maximum Gasteiger partial charge on any atom is 0.416 e. The number of carbonyl (C=O) groups excluding carboxylic acids is 2. The average Bonchev–Trinajstić information content (AvgIpc) is 2.61. The Morgan fingerprint density at radius 1 is 1.12 bits per heavy atom. The summed E-state index contributed by atoms with van der Waals surface area (Å²) < 4.78 is 38.3. The van der Waals surface area contributed by atoms with E-state index in [9.17, 15) is 22.8 Å². The fourth-order valence-corrected chi connectivity index (χ4v) is 2.74. The van der Waals surface area contributed by atoms with Gasteiger partial charge in [0.1, 0.15) is 0 Å². The van der Waals surface area contributed by atoms with Gasteiger partial charge in [-0.2, -0.15) is 13.2 Å². The molecule has 1 aliphatic rings. The van der Waals surface area contributed by atoms with E-state index in [2.05, 4.69) is 5.32 Å². The molecule has 0 spiro atoms. The number of nitrogens with zero attached hydrogens (tertiary/aromatic N) is 2. The molecule has 1 aromatic carbocycles. The van der Waals surface area contributed by atoms with Crippen LogP contribution in [0.25, 0.3) is 0 Å². The molecular formula is C17H23ClF3N3O2. The van der Waals surface area contributed by atoms with Gasteiger partial charge in [0, 0.05) is 38.2 Å². The van der Waals surface area contributed by atoms with Crippen molar-refractivity contribution >= 4 is 24.2 Å². The number of benzene rings is 1. The number of amides is 2. The van der Waals surface area contributed by atoms with Gasteiger partial charge in [-0.3, -0.25) is 9.59 Å². The second kappa shape index (κ2) is 9.78. The number of carbonyl (C=O) groups is 2. The van der Waals surface area contributed by atoms with Gasteiger partial charge in [0.25, 0.3) is 5.91 Å². The largest absolute Gasteiger partial charge is 0.416 e. The summed E-state index contributed by atoms with van der Waals surface area (Å²) in [5.74, 6) is -0.394. The van der Waals surface area contributed by atoms with Gasteiger partial charge in [-0.15, -0.1) is 12.4 Å². The van der Waals surface area contributed by atoms with Crippen LogP contribution in [-0.2, 0) is 11.0 Å². The number of halogens is 4. The smallest absolute Gasteiger partial charge is 0.339 e. The molecule has 1 N–H and O–H groups in total. The maximum absolute atomic E-state index is 12.8. The lowest BCUT2D eigenvalue weighted by molar-refractivity contribution is -0.137. The van der Waals surface area contributed by atoms with Crippen molar-refractivity contribution in [2.45, 2.75) is 19.0 Å². The molecule has 9 heteroatoms. The molecule has 146 valence electrons. The zero-order valence-corrected chi connectivity index (χ0v) is 15.3. The maximum atomic E-state index is 12.8. The molecular weight excluding hydrogens is 371 g/mol. The van der Waals surface area contributed by atoms with Crippen LogP contribution in [0.3, 0.4) is 0 Å². The van der Waals surface area contributed by atoms with Crippen molar-refractivity contribution in [2.75, 3.05) is 39.8 Å². The molecule has 26 heavy (non-hydrogen) atoms. The molecule has 0 aliphatic carbocycles. The minimum Gasteiger partial charge on any atom is -0.339 e. The summed E-state index contributed by atoms with van der Waals surface area (Å²) in [5.41, 5.74) is -0.819. The first-order valence-electron chi connectivity index (χ1n) is 8.22. The Morgan fingerprint density at radius 2 is 1.73 bits per heavy atom. The predicted octanol–water partition coefficient (Wildman–Crippen LogP) is 2.41. The Balaban J connectivity index is 0.00000338. The molecule has 0 unspecified atom stereocenters. The summed E-state index contributed by atoms with van der Waals surface area (Å²) in [4.78, 5) is 27.7. The average molecular weight is 394 g/mol. The Bertz CT molecular complexity index is 618. The third-order valence-corrected chi connectivity index (χ3v) is 4.17. The summed E-state index contributed by atoms with van der Waals surface area (Å²) >= 11 is 0. The van der Waals surface area contributed by atoms with Crippen LogP contribution in [0.15, 0.2) is 24.3 Å². The molecule has 0 aromatic heterocycles. The Labute approximate surface area is 156 Å². The number of nitrogens with one attached hydrogen (secondary N) is 1. The van der Waals surface area contributed by atoms with Crippen molar-refractivity contribution in [2.24, 2.45) is 0 Å². The number of piperazine rings is 1. The highest BCUT2D eigenvalue weighted by Gasteiger charge is 2.32. The van der Waals surface area contributed by atoms with Gasteiger partial charge in [-0.1, -0.05) is 6.07 Å². The highest BCUT2D eigenvalue weighted by atomic mass is 35.5. The van der Waals surface area contributed by atoms with Crippen LogP contribution in [0.1, 0.15) is 28.8 Å². The summed E-state index contributed by atoms with van der Waals surface area (Å²) in [6.45, 7) is 2.23. The van der Waals surface area contributed by atoms with Crippen molar-refractivity contribution in [3.8, 4) is 0 Å². The van der Waals surface area contributed by atoms with Gasteiger partial charge in [-0.25, -0.2) is 0 Å². The number of hydrogen-bond acceptors (Lipinski definition) is 3. The molecule has 0 saturated carbocycles. The normalized spacial score (nSPS) is 14.8. The summed E-state index contributed by atoms with van der Waals surface area (Å²) in [5, 5.41) is 2.98. The topological polar surface area (TPSA) is 52.7 Å². The van der Waals surface area contributed by atoms with E-state index in [1.807, 2.05) is 7.05 Å². The first kappa shape index (κ1) is 22.2. The lowest BCUT2D eigenvalue weighted by Crippen LogP contribution is -2.50. The first-order chi connectivity index (χ1) is 11.8. The van der Waals surface area contributed by atoms with Crippen LogP contribution in [-0.4, -0.2) is 61.4 Å². The standard InChI is InChI=1S/C17H22F3N3O2.ClH/c1-21-7-3-6-15(24)22-8-10-23(11-9-22)16(25)13-4-2-5-14(12-13)17(18,19)20;/h2,4-5,12,21H,3,6-11H2,1H3;1H. The van der Waals surface area contributed by atoms with Crippen molar-refractivity contribution in [1.29, 1.82) is 0 Å². The highest BCUT2D eigenvalue weighted by molar-refractivity contribution is 5.94. The number of rotatable bonds is 5. The zero-order valence-electron chi connectivity index (χ0n) is 14.5. The van der Waals surface area contributed by atoms with Crippen molar-refractivity contribution in [3.63, 3.8) is 0 Å². The van der Waals surface area contributed by atoms with Crippen LogP contribution in [0.2, 0.25) is 0 Å². The van der Waals surface area contributed by atoms with E-state index in [0.29, 0.717) is 32.6 Å². The number of alkyl halides is 3. The lowest BCUT2D eigenvalue weighted by Gasteiger charge is -2.35. The molecule has 5 nitrogen and oxygen atoms in total. The van der Waals surface area contributed by atoms with Crippen LogP contribution < -0.4 is 5.32 Å². The van der Waals surface area contributed by atoms with Crippen molar-refractivity contribution < 1.29 is 22.8 Å². The molecule has 1 aromatic rings. The molecule has 1 aliphatic heterocycles. The van der Waals surface area contributed by atoms with Crippen LogP contribution >= 0.6 is 12.4 Å². The van der Waals surface area contributed by atoms with Crippen molar-refractivity contribution in [3.05, 3.63) is 35.4 Å². The lowest BCUT2D eigenvalue weighted by atomic mass is 10.1. The fourth-order valence-electron chi connectivity index (χ4n) is 2.74. The second-order valence-electron chi connectivity index (χ2n) is 5.96. The van der Waals surface area contributed by atoms with Gasteiger partial charge >= 0.3 is 6.18 Å². The van der Waals surface area contributed by atoms with E-state index in [-0.39, 0.29) is 23.9 Å². The first-order valence-corrected chi connectivity index (χ1v) is 8.22. The van der Waals surface area contributed by atoms with Gasteiger partial charge in [0.05, 0.1) is 5.56 Å². The summed E-state index contributed by atoms with van der Waals surface area (Å²) in [6, 6.07) is 4.43. The minimum atomic E-state index is -4.48. The molecule has 0 atom stereocenters. The van der Waals surface area contributed by atoms with E-state index in [4.69, 9.17) is 0 Å².